The molecule has 0 bridgehead atoms. The van der Waals surface area contributed by atoms with Crippen LogP contribution in [0.5, 0.6) is 23.0 Å². The molecule has 0 aliphatic rings. The second kappa shape index (κ2) is 13.2. The van der Waals surface area contributed by atoms with E-state index in [0.29, 0.717) is 0 Å². The van der Waals surface area contributed by atoms with Crippen LogP contribution in [0.3, 0.4) is 0 Å². The number of ether oxygens (including phenoxy) is 4. The average molecular weight is 507 g/mol. The van der Waals surface area contributed by atoms with Gasteiger partial charge in [-0.1, -0.05) is 60.7 Å². The Morgan fingerprint density at radius 3 is 0.789 bits per heavy atom. The smallest absolute Gasteiger partial charge is 0.118 e. The van der Waals surface area contributed by atoms with E-state index in [1.54, 1.807) is 28.4 Å². The molecule has 0 unspecified atom stereocenters. The summed E-state index contributed by atoms with van der Waals surface area (Å²) in [6.45, 7) is 0. The van der Waals surface area contributed by atoms with E-state index in [1.165, 1.54) is 11.1 Å². The summed E-state index contributed by atoms with van der Waals surface area (Å²) in [5.74, 6) is 3.37. The van der Waals surface area contributed by atoms with Crippen LogP contribution in [0.1, 0.15) is 35.1 Å². The Labute approximate surface area is 225 Å². The van der Waals surface area contributed by atoms with Gasteiger partial charge in [-0.15, -0.1) is 0 Å². The molecule has 194 valence electrons. The van der Waals surface area contributed by atoms with Gasteiger partial charge in [0.2, 0.25) is 0 Å². The molecular weight excluding hydrogens is 472 g/mol. The zero-order valence-electron chi connectivity index (χ0n) is 22.4. The van der Waals surface area contributed by atoms with Crippen LogP contribution in [0, 0.1) is 0 Å². The van der Waals surface area contributed by atoms with E-state index in [9.17, 15) is 0 Å². The standard InChI is InChI=1S/C34H34O4/c1-35-29-17-9-25(10-18-29)33(26-11-19-30(36-2)20-12-26)7-5-6-8-34(27-13-21-31(37-3)22-14-27)28-15-23-32(38-4)24-16-28/h7-24H,5-6H2,1-4H3. The van der Waals surface area contributed by atoms with Gasteiger partial charge in [-0.05, 0) is 94.8 Å². The second-order valence-electron chi connectivity index (χ2n) is 8.73. The first kappa shape index (κ1) is 26.6. The molecule has 4 aromatic rings. The van der Waals surface area contributed by atoms with Gasteiger partial charge in [0.1, 0.15) is 23.0 Å². The second-order valence-corrected chi connectivity index (χ2v) is 8.73. The van der Waals surface area contributed by atoms with Gasteiger partial charge in [-0.25, -0.2) is 0 Å². The molecule has 38 heavy (non-hydrogen) atoms. The van der Waals surface area contributed by atoms with Gasteiger partial charge in [-0.3, -0.25) is 0 Å². The van der Waals surface area contributed by atoms with Gasteiger partial charge >= 0.3 is 0 Å². The van der Waals surface area contributed by atoms with Crippen LogP contribution in [-0.2, 0) is 0 Å². The molecule has 0 aliphatic heterocycles. The average Bonchev–Trinajstić information content (AvgIpc) is 2.99. The third kappa shape index (κ3) is 6.65. The summed E-state index contributed by atoms with van der Waals surface area (Å²) in [7, 11) is 6.74. The Morgan fingerprint density at radius 2 is 0.605 bits per heavy atom. The fraction of sp³-hybridized carbons (Fsp3) is 0.176. The highest BCUT2D eigenvalue weighted by Crippen LogP contribution is 2.30. The molecule has 0 spiro atoms. The first-order valence-electron chi connectivity index (χ1n) is 12.6. The quantitative estimate of drug-likeness (QED) is 0.193. The number of unbranched alkanes of at least 4 members (excludes halogenated alkanes) is 1. The van der Waals surface area contributed by atoms with Crippen LogP contribution in [0.2, 0.25) is 0 Å². The van der Waals surface area contributed by atoms with Crippen molar-refractivity contribution in [3.8, 4) is 23.0 Å². The number of rotatable bonds is 11. The minimum absolute atomic E-state index is 0.842. The van der Waals surface area contributed by atoms with Crippen LogP contribution >= 0.6 is 0 Å². The molecule has 0 saturated heterocycles. The van der Waals surface area contributed by atoms with Crippen molar-refractivity contribution < 1.29 is 18.9 Å². The molecular formula is C34H34O4. The van der Waals surface area contributed by atoms with E-state index in [1.807, 2.05) is 48.5 Å². The molecule has 4 aromatic carbocycles. The molecule has 0 radical (unpaired) electrons. The third-order valence-electron chi connectivity index (χ3n) is 6.47. The van der Waals surface area contributed by atoms with Gasteiger partial charge < -0.3 is 18.9 Å². The predicted molar refractivity (Wildman–Crippen MR) is 155 cm³/mol. The van der Waals surface area contributed by atoms with Gasteiger partial charge in [0, 0.05) is 0 Å². The molecule has 4 nitrogen and oxygen atoms in total. The highest BCUT2D eigenvalue weighted by Gasteiger charge is 2.08. The third-order valence-corrected chi connectivity index (χ3v) is 6.47. The first-order valence-corrected chi connectivity index (χ1v) is 12.6. The minimum atomic E-state index is 0.842. The predicted octanol–water partition coefficient (Wildman–Crippen LogP) is 8.06. The fourth-order valence-electron chi connectivity index (χ4n) is 4.34. The van der Waals surface area contributed by atoms with Crippen LogP contribution in [0.4, 0.5) is 0 Å². The molecule has 0 aromatic heterocycles. The van der Waals surface area contributed by atoms with E-state index in [-0.39, 0.29) is 0 Å². The molecule has 0 saturated carbocycles. The molecule has 4 rings (SSSR count). The van der Waals surface area contributed by atoms with Gasteiger partial charge in [0.05, 0.1) is 28.4 Å². The lowest BCUT2D eigenvalue weighted by molar-refractivity contribution is 0.414. The summed E-state index contributed by atoms with van der Waals surface area (Å²) in [6, 6.07) is 32.8. The number of allylic oxidation sites excluding steroid dienone is 2. The summed E-state index contributed by atoms with van der Waals surface area (Å²) >= 11 is 0. The minimum Gasteiger partial charge on any atom is -0.497 e. The van der Waals surface area contributed by atoms with Crippen molar-refractivity contribution in [3.63, 3.8) is 0 Å². The largest absolute Gasteiger partial charge is 0.497 e. The Bertz CT molecular complexity index is 1140. The highest BCUT2D eigenvalue weighted by molar-refractivity contribution is 5.81. The first-order chi connectivity index (χ1) is 18.6. The van der Waals surface area contributed by atoms with Crippen molar-refractivity contribution in [2.45, 2.75) is 12.8 Å². The number of hydrogen-bond acceptors (Lipinski definition) is 4. The summed E-state index contributed by atoms with van der Waals surface area (Å²) in [6.07, 6.45) is 6.37. The lowest BCUT2D eigenvalue weighted by Crippen LogP contribution is -1.92. The van der Waals surface area contributed by atoms with E-state index in [2.05, 4.69) is 60.7 Å². The molecule has 0 fully saturated rings. The number of methoxy groups -OCH3 is 4. The van der Waals surface area contributed by atoms with E-state index < -0.39 is 0 Å². The molecule has 0 aliphatic carbocycles. The maximum atomic E-state index is 5.36. The summed E-state index contributed by atoms with van der Waals surface area (Å²) in [4.78, 5) is 0. The summed E-state index contributed by atoms with van der Waals surface area (Å²) in [5.41, 5.74) is 6.94. The monoisotopic (exact) mass is 506 g/mol. The van der Waals surface area contributed by atoms with Crippen LogP contribution < -0.4 is 18.9 Å². The molecule has 0 heterocycles. The van der Waals surface area contributed by atoms with E-state index in [0.717, 1.165) is 58.1 Å². The van der Waals surface area contributed by atoms with Crippen LogP contribution in [0.15, 0.2) is 109 Å². The Morgan fingerprint density at radius 1 is 0.395 bits per heavy atom. The van der Waals surface area contributed by atoms with Crippen LogP contribution in [-0.4, -0.2) is 28.4 Å². The topological polar surface area (TPSA) is 36.9 Å². The SMILES string of the molecule is COc1ccc(C(=CCCC=C(c2ccc(OC)cc2)c2ccc(OC)cc2)c2ccc(OC)cc2)cc1. The van der Waals surface area contributed by atoms with Crippen molar-refractivity contribution in [1.29, 1.82) is 0 Å². The molecule has 4 heteroatoms. The normalized spacial score (nSPS) is 10.3. The Balaban J connectivity index is 1.64. The summed E-state index contributed by atoms with van der Waals surface area (Å²) < 4.78 is 21.5. The van der Waals surface area contributed by atoms with Crippen molar-refractivity contribution in [3.05, 3.63) is 131 Å². The molecule has 0 atom stereocenters. The van der Waals surface area contributed by atoms with E-state index in [4.69, 9.17) is 18.9 Å². The fourth-order valence-corrected chi connectivity index (χ4v) is 4.34. The van der Waals surface area contributed by atoms with Gasteiger partial charge in [0.25, 0.3) is 0 Å². The van der Waals surface area contributed by atoms with Crippen molar-refractivity contribution in [1.82, 2.24) is 0 Å². The Kier molecular flexibility index (Phi) is 9.25. The maximum absolute atomic E-state index is 5.36. The lowest BCUT2D eigenvalue weighted by atomic mass is 9.94. The summed E-state index contributed by atoms with van der Waals surface area (Å²) in [5, 5.41) is 0. The zero-order valence-corrected chi connectivity index (χ0v) is 22.4. The Hall–Kier alpha value is -4.44. The molecule has 0 amide bonds. The lowest BCUT2D eigenvalue weighted by Gasteiger charge is -2.12. The highest BCUT2D eigenvalue weighted by atomic mass is 16.5. The van der Waals surface area contributed by atoms with E-state index >= 15 is 0 Å². The van der Waals surface area contributed by atoms with Crippen molar-refractivity contribution >= 4 is 11.1 Å². The van der Waals surface area contributed by atoms with Crippen molar-refractivity contribution in [2.24, 2.45) is 0 Å². The van der Waals surface area contributed by atoms with Crippen LogP contribution in [0.25, 0.3) is 11.1 Å². The number of benzene rings is 4. The van der Waals surface area contributed by atoms with Crippen molar-refractivity contribution in [2.75, 3.05) is 28.4 Å². The number of hydrogen-bond donors (Lipinski definition) is 0. The van der Waals surface area contributed by atoms with Gasteiger partial charge in [-0.2, -0.15) is 0 Å². The van der Waals surface area contributed by atoms with Gasteiger partial charge in [0.15, 0.2) is 0 Å². The zero-order chi connectivity index (χ0) is 26.7. The maximum Gasteiger partial charge on any atom is 0.118 e. The molecule has 0 N–H and O–H groups in total.